The Morgan fingerprint density at radius 2 is 1.25 bits per heavy atom. The van der Waals surface area contributed by atoms with E-state index in [4.69, 9.17) is 0 Å². The van der Waals surface area contributed by atoms with Crippen molar-refractivity contribution >= 4 is 15.2 Å². The van der Waals surface area contributed by atoms with Crippen molar-refractivity contribution in [1.82, 2.24) is 0 Å². The van der Waals surface area contributed by atoms with Crippen LogP contribution < -0.4 is 225 Å². The maximum absolute atomic E-state index is 10.9. The molecular formula is C8H8K4O6P2. The normalized spacial score (nSPS) is 11.8. The predicted octanol–water partition coefficient (Wildman–Crippen LogP) is -13.4. The number of rotatable bonds is 4. The van der Waals surface area contributed by atoms with Gasteiger partial charge in [-0.05, 0) is 11.7 Å². The molecule has 0 heterocycles. The van der Waals surface area contributed by atoms with Crippen molar-refractivity contribution in [3.05, 3.63) is 35.9 Å². The Bertz CT molecular complexity index is 448. The molecule has 1 rings (SSSR count). The summed E-state index contributed by atoms with van der Waals surface area (Å²) in [5, 5.41) is 0. The molecule has 12 heteroatoms. The SMILES string of the molecule is O=P([O-])([O-])CC(c1ccccc1)P(=O)([O-])[O-].[K+].[K+].[K+].[K+]. The van der Waals surface area contributed by atoms with Crippen LogP contribution in [0.5, 0.6) is 0 Å². The second-order valence-electron chi connectivity index (χ2n) is 3.26. The van der Waals surface area contributed by atoms with Crippen molar-refractivity contribution in [2.75, 3.05) is 6.16 Å². The molecule has 0 bridgehead atoms. The van der Waals surface area contributed by atoms with Gasteiger partial charge in [0.25, 0.3) is 0 Å². The third-order valence-electron chi connectivity index (χ3n) is 1.96. The van der Waals surface area contributed by atoms with Crippen LogP contribution in [0.3, 0.4) is 0 Å². The Morgan fingerprint density at radius 1 is 0.850 bits per heavy atom. The van der Waals surface area contributed by atoms with Gasteiger partial charge in [0.15, 0.2) is 0 Å². The summed E-state index contributed by atoms with van der Waals surface area (Å²) in [5.74, 6) is 0. The Morgan fingerprint density at radius 3 is 1.55 bits per heavy atom. The summed E-state index contributed by atoms with van der Waals surface area (Å²) in [6.07, 6.45) is -1.21. The van der Waals surface area contributed by atoms with Crippen LogP contribution in [0.15, 0.2) is 30.3 Å². The standard InChI is InChI=1S/C8H12O6P2.4K/c9-15(10,11)6-8(16(12,13)14)7-4-2-1-3-5-7;;;;/h1-5,8H,6H2,(H2,9,10,11)(H2,12,13,14);;;;/q;4*+1/p-4. The minimum atomic E-state index is -5.17. The Kier molecular flexibility index (Phi) is 27.0. The van der Waals surface area contributed by atoms with Gasteiger partial charge in [-0.15, -0.1) is 0 Å². The molecule has 1 aromatic rings. The molecule has 0 N–H and O–H groups in total. The fourth-order valence-electron chi connectivity index (χ4n) is 1.27. The van der Waals surface area contributed by atoms with E-state index in [9.17, 15) is 28.7 Å². The molecule has 0 saturated heterocycles. The molecular weight excluding hydrogens is 410 g/mol. The van der Waals surface area contributed by atoms with E-state index in [0.717, 1.165) is 0 Å². The van der Waals surface area contributed by atoms with Crippen LogP contribution in [0.1, 0.15) is 11.2 Å². The largest absolute Gasteiger partial charge is 1.00 e. The fraction of sp³-hybridized carbons (Fsp3) is 0.250. The van der Waals surface area contributed by atoms with Gasteiger partial charge in [-0.3, -0.25) is 0 Å². The predicted molar refractivity (Wildman–Crippen MR) is 49.3 cm³/mol. The third-order valence-corrected chi connectivity index (χ3v) is 4.31. The quantitative estimate of drug-likeness (QED) is 0.353. The van der Waals surface area contributed by atoms with Crippen LogP contribution >= 0.6 is 15.2 Å². The Hall–Kier alpha value is 6.07. The smallest absolute Gasteiger partial charge is 0.811 e. The number of hydrogen-bond acceptors (Lipinski definition) is 6. The van der Waals surface area contributed by atoms with Crippen LogP contribution in [0.4, 0.5) is 0 Å². The van der Waals surface area contributed by atoms with Crippen LogP contribution in [-0.4, -0.2) is 6.16 Å². The van der Waals surface area contributed by atoms with Crippen LogP contribution in [0.25, 0.3) is 0 Å². The first-order chi connectivity index (χ1) is 7.20. The summed E-state index contributed by atoms with van der Waals surface area (Å²) in [5.41, 5.74) is -1.79. The molecule has 1 aromatic carbocycles. The van der Waals surface area contributed by atoms with E-state index in [-0.39, 0.29) is 211 Å². The maximum atomic E-state index is 10.9. The van der Waals surface area contributed by atoms with Gasteiger partial charge < -0.3 is 28.7 Å². The molecule has 1 unspecified atom stereocenters. The van der Waals surface area contributed by atoms with E-state index >= 15 is 0 Å². The Labute approximate surface area is 288 Å². The molecule has 0 aliphatic heterocycles. The van der Waals surface area contributed by atoms with E-state index in [1.807, 2.05) is 0 Å². The maximum Gasteiger partial charge on any atom is 1.00 e. The summed E-state index contributed by atoms with van der Waals surface area (Å²) in [4.78, 5) is 42.8. The first kappa shape index (κ1) is 33.6. The molecule has 1 atom stereocenters. The van der Waals surface area contributed by atoms with E-state index in [0.29, 0.717) is 0 Å². The molecule has 0 spiro atoms. The van der Waals surface area contributed by atoms with Crippen molar-refractivity contribution in [3.8, 4) is 0 Å². The fourth-order valence-corrected chi connectivity index (χ4v) is 3.85. The molecule has 0 saturated carbocycles. The van der Waals surface area contributed by atoms with Gasteiger partial charge in [0, 0.05) is 5.66 Å². The molecule has 6 nitrogen and oxygen atoms in total. The topological polar surface area (TPSA) is 126 Å². The summed E-state index contributed by atoms with van der Waals surface area (Å²) in [6, 6.07) is 7.08. The number of benzene rings is 1. The summed E-state index contributed by atoms with van der Waals surface area (Å²) in [7, 11) is -10.2. The van der Waals surface area contributed by atoms with E-state index in [1.54, 1.807) is 6.07 Å². The van der Waals surface area contributed by atoms with Crippen LogP contribution in [0.2, 0.25) is 0 Å². The first-order valence-corrected chi connectivity index (χ1v) is 7.62. The minimum absolute atomic E-state index is 0. The first-order valence-electron chi connectivity index (χ1n) is 4.28. The molecule has 90 valence electrons. The van der Waals surface area contributed by atoms with E-state index < -0.39 is 27.0 Å². The van der Waals surface area contributed by atoms with Crippen molar-refractivity contribution in [2.45, 2.75) is 5.66 Å². The molecule has 0 aromatic heterocycles. The van der Waals surface area contributed by atoms with Gasteiger partial charge in [-0.2, -0.15) is 0 Å². The molecule has 0 amide bonds. The van der Waals surface area contributed by atoms with Crippen molar-refractivity contribution in [2.24, 2.45) is 0 Å². The molecule has 0 radical (unpaired) electrons. The average molecular weight is 418 g/mol. The average Bonchev–Trinajstić information content (AvgIpc) is 2.13. The zero-order valence-corrected chi connectivity index (χ0v) is 26.3. The molecule has 20 heavy (non-hydrogen) atoms. The number of hydrogen-bond donors (Lipinski definition) is 0. The van der Waals surface area contributed by atoms with Gasteiger partial charge in [0.2, 0.25) is 0 Å². The van der Waals surface area contributed by atoms with Gasteiger partial charge >= 0.3 is 206 Å². The zero-order valence-electron chi connectivity index (χ0n) is 12.0. The third kappa shape index (κ3) is 15.2. The van der Waals surface area contributed by atoms with Gasteiger partial charge in [-0.25, -0.2) is 0 Å². The van der Waals surface area contributed by atoms with Crippen molar-refractivity contribution in [3.63, 3.8) is 0 Å². The second-order valence-corrected chi connectivity index (χ2v) is 6.55. The Balaban J connectivity index is -0.000000320. The van der Waals surface area contributed by atoms with Crippen molar-refractivity contribution in [1.29, 1.82) is 0 Å². The van der Waals surface area contributed by atoms with Gasteiger partial charge in [0.05, 0.1) is 0 Å². The van der Waals surface area contributed by atoms with Crippen LogP contribution in [-0.2, 0) is 9.13 Å². The van der Waals surface area contributed by atoms with Gasteiger partial charge in [0.1, 0.15) is 0 Å². The zero-order chi connectivity index (χ0) is 12.4. The summed E-state index contributed by atoms with van der Waals surface area (Å²) >= 11 is 0. The minimum Gasteiger partial charge on any atom is -0.811 e. The van der Waals surface area contributed by atoms with Crippen molar-refractivity contribution < 1.29 is 234 Å². The summed E-state index contributed by atoms with van der Waals surface area (Å²) < 4.78 is 21.4. The monoisotopic (exact) mass is 418 g/mol. The molecule has 0 aliphatic carbocycles. The van der Waals surface area contributed by atoms with Gasteiger partial charge in [-0.1, -0.05) is 45.5 Å². The van der Waals surface area contributed by atoms with E-state index in [1.165, 1.54) is 24.3 Å². The van der Waals surface area contributed by atoms with Crippen LogP contribution in [0, 0.1) is 0 Å². The second kappa shape index (κ2) is 16.1. The summed E-state index contributed by atoms with van der Waals surface area (Å²) in [6.45, 7) is 0. The van der Waals surface area contributed by atoms with E-state index in [2.05, 4.69) is 0 Å². The molecule has 0 fully saturated rings. The molecule has 0 aliphatic rings.